The van der Waals surface area contributed by atoms with Crippen LogP contribution in [0, 0.1) is 11.8 Å². The van der Waals surface area contributed by atoms with E-state index in [0.717, 1.165) is 51.4 Å². The molecule has 0 saturated carbocycles. The lowest BCUT2D eigenvalue weighted by Gasteiger charge is -2.22. The Balaban J connectivity index is 4.68. The van der Waals surface area contributed by atoms with E-state index in [1.54, 1.807) is 0 Å². The van der Waals surface area contributed by atoms with Gasteiger partial charge in [-0.05, 0) is 31.6 Å². The minimum atomic E-state index is -0.510. The van der Waals surface area contributed by atoms with Gasteiger partial charge in [0.15, 0.2) is 0 Å². The summed E-state index contributed by atoms with van der Waals surface area (Å²) in [6.07, 6.45) is 17.5. The van der Waals surface area contributed by atoms with E-state index < -0.39 is 5.92 Å². The number of hydrogen-bond donors (Lipinski definition) is 0. The summed E-state index contributed by atoms with van der Waals surface area (Å²) in [4.78, 5) is 35.3. The maximum Gasteiger partial charge on any atom is 0.309 e. The zero-order chi connectivity index (χ0) is 23.3. The molecule has 0 heterocycles. The number of hydrogen-bond acceptors (Lipinski definition) is 6. The largest absolute Gasteiger partial charge is 0.469 e. The Bertz CT molecular complexity index is 514. The summed E-state index contributed by atoms with van der Waals surface area (Å²) in [7, 11) is 4.12. The predicted molar refractivity (Wildman–Crippen MR) is 122 cm³/mol. The number of rotatable bonds is 19. The highest BCUT2D eigenvalue weighted by atomic mass is 16.5. The molecule has 0 aromatic carbocycles. The van der Waals surface area contributed by atoms with Crippen LogP contribution in [0.2, 0.25) is 0 Å². The quantitative estimate of drug-likeness (QED) is 0.110. The number of unbranched alkanes of at least 4 members (excludes halogenated alkanes) is 9. The van der Waals surface area contributed by atoms with E-state index in [1.165, 1.54) is 47.0 Å². The molecule has 0 aliphatic rings. The highest BCUT2D eigenvalue weighted by Crippen LogP contribution is 2.26. The van der Waals surface area contributed by atoms with Crippen LogP contribution in [-0.2, 0) is 28.6 Å². The SMILES string of the molecule is CCCCCCCC[C@@H](/C=C/CCCCCCC(=O)OC)[C@H](CC(=O)OC)C(=O)OC. The summed E-state index contributed by atoms with van der Waals surface area (Å²) >= 11 is 0. The van der Waals surface area contributed by atoms with Crippen molar-refractivity contribution in [3.8, 4) is 0 Å². The molecule has 0 bridgehead atoms. The van der Waals surface area contributed by atoms with Crippen LogP contribution in [0.15, 0.2) is 12.2 Å². The van der Waals surface area contributed by atoms with E-state index >= 15 is 0 Å². The Hall–Kier alpha value is -1.85. The first-order valence-corrected chi connectivity index (χ1v) is 11.9. The minimum Gasteiger partial charge on any atom is -0.469 e. The zero-order valence-corrected chi connectivity index (χ0v) is 20.2. The summed E-state index contributed by atoms with van der Waals surface area (Å²) in [6, 6.07) is 0. The molecule has 2 atom stereocenters. The average molecular weight is 441 g/mol. The van der Waals surface area contributed by atoms with Gasteiger partial charge in [-0.2, -0.15) is 0 Å². The Labute approximate surface area is 189 Å². The fourth-order valence-corrected chi connectivity index (χ4v) is 3.67. The standard InChI is InChI=1S/C25H44O6/c1-5-6-7-8-11-14-17-21(22(25(28)31-4)20-24(27)30-3)18-15-12-9-10-13-16-19-23(26)29-2/h15,18,21-22H,5-14,16-17,19-20H2,1-4H3/b18-15+/t21-,22-/m0/s1. The summed E-state index contributed by atoms with van der Waals surface area (Å²) < 4.78 is 14.4. The maximum atomic E-state index is 12.4. The van der Waals surface area contributed by atoms with Crippen LogP contribution in [0.5, 0.6) is 0 Å². The van der Waals surface area contributed by atoms with Crippen molar-refractivity contribution in [2.75, 3.05) is 21.3 Å². The lowest BCUT2D eigenvalue weighted by Crippen LogP contribution is -2.27. The van der Waals surface area contributed by atoms with Gasteiger partial charge in [0, 0.05) is 6.42 Å². The van der Waals surface area contributed by atoms with Gasteiger partial charge in [-0.1, -0.05) is 70.4 Å². The van der Waals surface area contributed by atoms with Crippen molar-refractivity contribution < 1.29 is 28.6 Å². The fourth-order valence-electron chi connectivity index (χ4n) is 3.67. The highest BCUT2D eigenvalue weighted by molar-refractivity contribution is 5.80. The van der Waals surface area contributed by atoms with Gasteiger partial charge in [0.25, 0.3) is 0 Å². The Kier molecular flexibility index (Phi) is 18.9. The van der Waals surface area contributed by atoms with E-state index in [9.17, 15) is 14.4 Å². The molecule has 0 saturated heterocycles. The third-order valence-corrected chi connectivity index (χ3v) is 5.64. The number of methoxy groups -OCH3 is 3. The number of carbonyl (C=O) groups is 3. The van der Waals surface area contributed by atoms with Crippen molar-refractivity contribution in [2.24, 2.45) is 11.8 Å². The molecule has 6 heteroatoms. The lowest BCUT2D eigenvalue weighted by molar-refractivity contribution is -0.153. The van der Waals surface area contributed by atoms with Gasteiger partial charge in [0.1, 0.15) is 0 Å². The molecule has 0 spiro atoms. The van der Waals surface area contributed by atoms with Crippen LogP contribution in [0.1, 0.15) is 96.8 Å². The first kappa shape index (κ1) is 29.1. The lowest BCUT2D eigenvalue weighted by atomic mass is 9.84. The Morgan fingerprint density at radius 1 is 0.742 bits per heavy atom. The Morgan fingerprint density at radius 3 is 2.00 bits per heavy atom. The van der Waals surface area contributed by atoms with Crippen LogP contribution >= 0.6 is 0 Å². The first-order valence-electron chi connectivity index (χ1n) is 11.9. The second-order valence-corrected chi connectivity index (χ2v) is 8.09. The van der Waals surface area contributed by atoms with Gasteiger partial charge in [0.05, 0.1) is 33.7 Å². The van der Waals surface area contributed by atoms with Crippen molar-refractivity contribution in [2.45, 2.75) is 96.8 Å². The molecule has 0 aliphatic heterocycles. The fraction of sp³-hybridized carbons (Fsp3) is 0.800. The van der Waals surface area contributed by atoms with Crippen molar-refractivity contribution in [1.82, 2.24) is 0 Å². The van der Waals surface area contributed by atoms with Gasteiger partial charge in [0.2, 0.25) is 0 Å². The molecule has 0 rings (SSSR count). The van der Waals surface area contributed by atoms with Gasteiger partial charge in [-0.15, -0.1) is 0 Å². The molecule has 6 nitrogen and oxygen atoms in total. The normalized spacial score (nSPS) is 13.0. The molecule has 0 amide bonds. The maximum absolute atomic E-state index is 12.4. The van der Waals surface area contributed by atoms with E-state index in [2.05, 4.69) is 23.8 Å². The highest BCUT2D eigenvalue weighted by Gasteiger charge is 2.30. The molecule has 0 aliphatic carbocycles. The van der Waals surface area contributed by atoms with Crippen LogP contribution in [-0.4, -0.2) is 39.2 Å². The zero-order valence-electron chi connectivity index (χ0n) is 20.2. The number of allylic oxidation sites excluding steroid dienone is 2. The smallest absolute Gasteiger partial charge is 0.309 e. The molecule has 0 fully saturated rings. The van der Waals surface area contributed by atoms with E-state index in [0.29, 0.717) is 6.42 Å². The van der Waals surface area contributed by atoms with Gasteiger partial charge in [-0.3, -0.25) is 14.4 Å². The monoisotopic (exact) mass is 440 g/mol. The Morgan fingerprint density at radius 2 is 1.35 bits per heavy atom. The van der Waals surface area contributed by atoms with Gasteiger partial charge < -0.3 is 14.2 Å². The third kappa shape index (κ3) is 15.6. The third-order valence-electron chi connectivity index (χ3n) is 5.64. The van der Waals surface area contributed by atoms with Crippen LogP contribution in [0.4, 0.5) is 0 Å². The van der Waals surface area contributed by atoms with Crippen molar-refractivity contribution in [1.29, 1.82) is 0 Å². The van der Waals surface area contributed by atoms with Crippen molar-refractivity contribution in [3.05, 3.63) is 12.2 Å². The van der Waals surface area contributed by atoms with Gasteiger partial charge in [-0.25, -0.2) is 0 Å². The molecule has 180 valence electrons. The van der Waals surface area contributed by atoms with Crippen LogP contribution in [0.3, 0.4) is 0 Å². The number of carbonyl (C=O) groups excluding carboxylic acids is 3. The summed E-state index contributed by atoms with van der Waals surface area (Å²) in [6.45, 7) is 2.20. The molecule has 31 heavy (non-hydrogen) atoms. The molecule has 0 N–H and O–H groups in total. The second kappa shape index (κ2) is 20.1. The molecule has 0 radical (unpaired) electrons. The van der Waals surface area contributed by atoms with E-state index in [1.807, 2.05) is 0 Å². The molecule has 0 aromatic heterocycles. The number of ether oxygens (including phenoxy) is 3. The molecular formula is C25H44O6. The van der Waals surface area contributed by atoms with E-state index in [4.69, 9.17) is 9.47 Å². The van der Waals surface area contributed by atoms with Gasteiger partial charge >= 0.3 is 17.9 Å². The van der Waals surface area contributed by atoms with Crippen LogP contribution in [0.25, 0.3) is 0 Å². The first-order chi connectivity index (χ1) is 15.0. The summed E-state index contributed by atoms with van der Waals surface area (Å²) in [5, 5.41) is 0. The summed E-state index contributed by atoms with van der Waals surface area (Å²) in [5.41, 5.74) is 0. The molecule has 0 unspecified atom stereocenters. The number of esters is 3. The second-order valence-electron chi connectivity index (χ2n) is 8.09. The topological polar surface area (TPSA) is 78.9 Å². The van der Waals surface area contributed by atoms with Crippen molar-refractivity contribution in [3.63, 3.8) is 0 Å². The average Bonchev–Trinajstić information content (AvgIpc) is 2.79. The molecular weight excluding hydrogens is 396 g/mol. The van der Waals surface area contributed by atoms with Crippen LogP contribution < -0.4 is 0 Å². The van der Waals surface area contributed by atoms with E-state index in [-0.39, 0.29) is 30.2 Å². The predicted octanol–water partition coefficient (Wildman–Crippen LogP) is 5.78. The van der Waals surface area contributed by atoms with Crippen molar-refractivity contribution >= 4 is 17.9 Å². The summed E-state index contributed by atoms with van der Waals surface area (Å²) in [5.74, 6) is -1.44. The molecule has 0 aromatic rings. The minimum absolute atomic E-state index is 0.0305.